The molecule has 2 atom stereocenters. The molecule has 0 radical (unpaired) electrons. The van der Waals surface area contributed by atoms with Crippen LogP contribution in [0.2, 0.25) is 0 Å². The number of nitrogens with one attached hydrogen (secondary N) is 1. The van der Waals surface area contributed by atoms with E-state index < -0.39 is 0 Å². The Balaban J connectivity index is 1.26. The molecule has 1 aromatic carbocycles. The van der Waals surface area contributed by atoms with Gasteiger partial charge in [0.05, 0.1) is 37.4 Å². The van der Waals surface area contributed by atoms with Gasteiger partial charge in [-0.2, -0.15) is 0 Å². The molecule has 0 bridgehead atoms. The molecule has 1 aromatic heterocycles. The van der Waals surface area contributed by atoms with Crippen LogP contribution >= 0.6 is 0 Å². The van der Waals surface area contributed by atoms with Crippen molar-refractivity contribution in [3.8, 4) is 5.75 Å². The third-order valence-electron chi connectivity index (χ3n) is 5.48. The highest BCUT2D eigenvalue weighted by atomic mass is 16.5. The van der Waals surface area contributed by atoms with E-state index in [0.717, 1.165) is 24.5 Å². The van der Waals surface area contributed by atoms with Crippen molar-refractivity contribution in [1.29, 1.82) is 0 Å². The molecule has 2 amide bonds. The van der Waals surface area contributed by atoms with Gasteiger partial charge >= 0.3 is 0 Å². The van der Waals surface area contributed by atoms with E-state index in [-0.39, 0.29) is 23.7 Å². The SMILES string of the molecule is COc1ccccc1N1CCN(C(=O)C2CC2C(=O)NCc2ccco2)CC1. The molecule has 7 heteroatoms. The van der Waals surface area contributed by atoms with E-state index in [4.69, 9.17) is 9.15 Å². The summed E-state index contributed by atoms with van der Waals surface area (Å²) in [5.41, 5.74) is 1.05. The maximum atomic E-state index is 12.8. The quantitative estimate of drug-likeness (QED) is 0.825. The summed E-state index contributed by atoms with van der Waals surface area (Å²) in [5.74, 6) is 1.19. The number of para-hydroxylation sites is 2. The lowest BCUT2D eigenvalue weighted by Crippen LogP contribution is -2.49. The summed E-state index contributed by atoms with van der Waals surface area (Å²) in [6, 6.07) is 11.5. The highest BCUT2D eigenvalue weighted by Crippen LogP contribution is 2.40. The smallest absolute Gasteiger partial charge is 0.226 e. The van der Waals surface area contributed by atoms with Crippen molar-refractivity contribution in [2.24, 2.45) is 11.8 Å². The topological polar surface area (TPSA) is 75.0 Å². The molecule has 1 saturated heterocycles. The molecular formula is C21H25N3O4. The highest BCUT2D eigenvalue weighted by molar-refractivity contribution is 5.92. The molecule has 1 aliphatic carbocycles. The van der Waals surface area contributed by atoms with Gasteiger partial charge in [0.2, 0.25) is 11.8 Å². The monoisotopic (exact) mass is 383 g/mol. The Morgan fingerprint density at radius 2 is 1.89 bits per heavy atom. The van der Waals surface area contributed by atoms with Gasteiger partial charge in [-0.3, -0.25) is 9.59 Å². The van der Waals surface area contributed by atoms with Crippen LogP contribution in [0.1, 0.15) is 12.2 Å². The maximum absolute atomic E-state index is 12.8. The van der Waals surface area contributed by atoms with Gasteiger partial charge in [0.15, 0.2) is 0 Å². The van der Waals surface area contributed by atoms with Crippen molar-refractivity contribution in [3.63, 3.8) is 0 Å². The van der Waals surface area contributed by atoms with E-state index in [1.807, 2.05) is 35.2 Å². The lowest BCUT2D eigenvalue weighted by molar-refractivity contribution is -0.135. The van der Waals surface area contributed by atoms with Crippen LogP contribution < -0.4 is 15.0 Å². The van der Waals surface area contributed by atoms with E-state index in [9.17, 15) is 9.59 Å². The zero-order valence-corrected chi connectivity index (χ0v) is 16.0. The molecule has 2 unspecified atom stereocenters. The number of anilines is 1. The van der Waals surface area contributed by atoms with Crippen molar-refractivity contribution in [2.45, 2.75) is 13.0 Å². The molecule has 2 fully saturated rings. The van der Waals surface area contributed by atoms with Gasteiger partial charge in [-0.25, -0.2) is 0 Å². The van der Waals surface area contributed by atoms with Gasteiger partial charge < -0.3 is 24.3 Å². The minimum absolute atomic E-state index is 0.0672. The third kappa shape index (κ3) is 3.83. The van der Waals surface area contributed by atoms with Crippen molar-refractivity contribution in [1.82, 2.24) is 10.2 Å². The van der Waals surface area contributed by atoms with Crippen LogP contribution in [0.5, 0.6) is 5.75 Å². The summed E-state index contributed by atoms with van der Waals surface area (Å²) >= 11 is 0. The number of furan rings is 1. The number of piperazine rings is 1. The first kappa shape index (κ1) is 18.4. The van der Waals surface area contributed by atoms with Gasteiger partial charge in [0.25, 0.3) is 0 Å². The highest BCUT2D eigenvalue weighted by Gasteiger charge is 2.49. The first-order chi connectivity index (χ1) is 13.7. The van der Waals surface area contributed by atoms with Gasteiger partial charge in [-0.1, -0.05) is 12.1 Å². The van der Waals surface area contributed by atoms with Crippen LogP contribution in [-0.2, 0) is 16.1 Å². The van der Waals surface area contributed by atoms with Gasteiger partial charge in [0.1, 0.15) is 11.5 Å². The normalized spacial score (nSPS) is 21.3. The Morgan fingerprint density at radius 1 is 1.11 bits per heavy atom. The second kappa shape index (κ2) is 7.96. The van der Waals surface area contributed by atoms with Crippen molar-refractivity contribution >= 4 is 17.5 Å². The predicted molar refractivity (Wildman–Crippen MR) is 104 cm³/mol. The molecule has 2 aliphatic rings. The molecule has 28 heavy (non-hydrogen) atoms. The standard InChI is InChI=1S/C21H25N3O4/c1-27-19-7-3-2-6-18(19)23-8-10-24(11-9-23)21(26)17-13-16(17)20(25)22-14-15-5-4-12-28-15/h2-7,12,16-17H,8-11,13-14H2,1H3,(H,22,25). The van der Waals surface area contributed by atoms with Crippen molar-refractivity contribution < 1.29 is 18.7 Å². The lowest BCUT2D eigenvalue weighted by Gasteiger charge is -2.36. The zero-order valence-electron chi connectivity index (χ0n) is 16.0. The first-order valence-electron chi connectivity index (χ1n) is 9.64. The fraction of sp³-hybridized carbons (Fsp3) is 0.429. The lowest BCUT2D eigenvalue weighted by atomic mass is 10.2. The average Bonchev–Trinajstić information content (AvgIpc) is 3.38. The number of carbonyl (C=O) groups excluding carboxylic acids is 2. The van der Waals surface area contributed by atoms with E-state index in [1.54, 1.807) is 19.4 Å². The van der Waals surface area contributed by atoms with Crippen LogP contribution in [0.4, 0.5) is 5.69 Å². The van der Waals surface area contributed by atoms with Crippen LogP contribution in [0.15, 0.2) is 47.1 Å². The zero-order chi connectivity index (χ0) is 19.5. The first-order valence-corrected chi connectivity index (χ1v) is 9.64. The molecule has 148 valence electrons. The number of hydrogen-bond acceptors (Lipinski definition) is 5. The molecule has 2 heterocycles. The maximum Gasteiger partial charge on any atom is 0.226 e. The number of nitrogens with zero attached hydrogens (tertiary/aromatic N) is 2. The van der Waals surface area contributed by atoms with Crippen molar-refractivity contribution in [2.75, 3.05) is 38.2 Å². The molecule has 1 N–H and O–H groups in total. The van der Waals surface area contributed by atoms with E-state index in [2.05, 4.69) is 10.2 Å². The molecule has 0 spiro atoms. The fourth-order valence-electron chi connectivity index (χ4n) is 3.77. The Morgan fingerprint density at radius 3 is 2.61 bits per heavy atom. The number of rotatable bonds is 6. The summed E-state index contributed by atoms with van der Waals surface area (Å²) in [6.07, 6.45) is 2.21. The van der Waals surface area contributed by atoms with Gasteiger partial charge in [0, 0.05) is 26.2 Å². The minimum Gasteiger partial charge on any atom is -0.495 e. The number of benzene rings is 1. The molecule has 2 aromatic rings. The van der Waals surface area contributed by atoms with Crippen LogP contribution in [0, 0.1) is 11.8 Å². The summed E-state index contributed by atoms with van der Waals surface area (Å²) in [7, 11) is 1.67. The number of amides is 2. The van der Waals surface area contributed by atoms with Crippen LogP contribution in [0.3, 0.4) is 0 Å². The Hall–Kier alpha value is -2.96. The fourth-order valence-corrected chi connectivity index (χ4v) is 3.77. The number of carbonyl (C=O) groups is 2. The third-order valence-corrected chi connectivity index (χ3v) is 5.48. The summed E-state index contributed by atoms with van der Waals surface area (Å²) < 4.78 is 10.7. The van der Waals surface area contributed by atoms with Crippen LogP contribution in [-0.4, -0.2) is 50.0 Å². The molecule has 7 nitrogen and oxygen atoms in total. The number of hydrogen-bond donors (Lipinski definition) is 1. The average molecular weight is 383 g/mol. The van der Waals surface area contributed by atoms with Gasteiger partial charge in [-0.15, -0.1) is 0 Å². The molecular weight excluding hydrogens is 358 g/mol. The van der Waals surface area contributed by atoms with Crippen molar-refractivity contribution in [3.05, 3.63) is 48.4 Å². The summed E-state index contributed by atoms with van der Waals surface area (Å²) in [4.78, 5) is 29.1. The Labute approximate surface area is 164 Å². The molecule has 1 aliphatic heterocycles. The van der Waals surface area contributed by atoms with E-state index in [0.29, 0.717) is 31.8 Å². The van der Waals surface area contributed by atoms with E-state index >= 15 is 0 Å². The predicted octanol–water partition coefficient (Wildman–Crippen LogP) is 1.89. The van der Waals surface area contributed by atoms with Gasteiger partial charge in [-0.05, 0) is 30.7 Å². The Kier molecular flexibility index (Phi) is 5.23. The summed E-state index contributed by atoms with van der Waals surface area (Å²) in [5, 5.41) is 2.85. The largest absolute Gasteiger partial charge is 0.495 e. The summed E-state index contributed by atoms with van der Waals surface area (Å²) in [6.45, 7) is 3.20. The second-order valence-corrected chi connectivity index (χ2v) is 7.23. The van der Waals surface area contributed by atoms with E-state index in [1.165, 1.54) is 0 Å². The minimum atomic E-state index is -0.213. The molecule has 4 rings (SSSR count). The number of ether oxygens (including phenoxy) is 1. The second-order valence-electron chi connectivity index (χ2n) is 7.23. The molecule has 1 saturated carbocycles. The van der Waals surface area contributed by atoms with Crippen LogP contribution in [0.25, 0.3) is 0 Å². The Bertz CT molecular complexity index is 828. The number of methoxy groups -OCH3 is 1.